The van der Waals surface area contributed by atoms with Crippen LogP contribution in [0.25, 0.3) is 0 Å². The Morgan fingerprint density at radius 2 is 1.06 bits per heavy atom. The Kier molecular flexibility index (Phi) is 6.95. The Bertz CT molecular complexity index is 1300. The van der Waals surface area contributed by atoms with Crippen molar-refractivity contribution in [2.45, 2.75) is 42.1 Å². The van der Waals surface area contributed by atoms with E-state index in [2.05, 4.69) is 11.8 Å². The molecule has 0 N–H and O–H groups in total. The maximum atomic E-state index is 13.8. The van der Waals surface area contributed by atoms with E-state index in [-0.39, 0.29) is 34.7 Å². The average molecular weight is 509 g/mol. The van der Waals surface area contributed by atoms with E-state index in [1.807, 2.05) is 26.0 Å². The third-order valence-electron chi connectivity index (χ3n) is 6.79. The Labute approximate surface area is 208 Å². The molecule has 2 aliphatic rings. The van der Waals surface area contributed by atoms with Crippen molar-refractivity contribution in [3.63, 3.8) is 0 Å². The number of fused-ring (bicyclic) bond motifs is 2. The van der Waals surface area contributed by atoms with Gasteiger partial charge in [0.15, 0.2) is 0 Å². The van der Waals surface area contributed by atoms with Gasteiger partial charge >= 0.3 is 0 Å². The SMILES string of the molecule is C#CCN(C1C2C=CC(C2)C1N(CC#C)S(=O)(=O)c1ccc(C)cc1)S(=O)(=O)c1ccc(C)cc1. The summed E-state index contributed by atoms with van der Waals surface area (Å²) in [6.45, 7) is 3.39. The molecule has 4 unspecified atom stereocenters. The van der Waals surface area contributed by atoms with Crippen LogP contribution in [0.5, 0.6) is 0 Å². The van der Waals surface area contributed by atoms with Gasteiger partial charge in [-0.2, -0.15) is 8.61 Å². The minimum absolute atomic E-state index is 0.119. The summed E-state index contributed by atoms with van der Waals surface area (Å²) in [4.78, 5) is 0.238. The fourth-order valence-corrected chi connectivity index (χ4v) is 8.30. The Morgan fingerprint density at radius 3 is 1.37 bits per heavy atom. The summed E-state index contributed by atoms with van der Waals surface area (Å²) in [6.07, 6.45) is 15.8. The highest BCUT2D eigenvalue weighted by molar-refractivity contribution is 7.89. The molecule has 2 aromatic rings. The van der Waals surface area contributed by atoms with Gasteiger partial charge in [0.1, 0.15) is 0 Å². The van der Waals surface area contributed by atoms with Crippen molar-refractivity contribution in [2.75, 3.05) is 13.1 Å². The van der Waals surface area contributed by atoms with Crippen molar-refractivity contribution in [2.24, 2.45) is 11.8 Å². The van der Waals surface area contributed by atoms with Gasteiger partial charge < -0.3 is 0 Å². The molecule has 8 heteroatoms. The van der Waals surface area contributed by atoms with E-state index in [0.717, 1.165) is 11.1 Å². The van der Waals surface area contributed by atoms with Crippen molar-refractivity contribution < 1.29 is 16.8 Å². The Morgan fingerprint density at radius 1 is 0.714 bits per heavy atom. The highest BCUT2D eigenvalue weighted by atomic mass is 32.2. The topological polar surface area (TPSA) is 74.8 Å². The maximum absolute atomic E-state index is 13.8. The van der Waals surface area contributed by atoms with Crippen LogP contribution in [-0.2, 0) is 20.0 Å². The molecule has 0 spiro atoms. The van der Waals surface area contributed by atoms with E-state index in [0.29, 0.717) is 6.42 Å². The predicted molar refractivity (Wildman–Crippen MR) is 136 cm³/mol. The summed E-state index contributed by atoms with van der Waals surface area (Å²) in [5.41, 5.74) is 1.86. The fourth-order valence-electron chi connectivity index (χ4n) is 5.11. The van der Waals surface area contributed by atoms with Gasteiger partial charge in [-0.3, -0.25) is 0 Å². The quantitative estimate of drug-likeness (QED) is 0.406. The van der Waals surface area contributed by atoms with E-state index in [1.165, 1.54) is 8.61 Å². The molecule has 35 heavy (non-hydrogen) atoms. The second-order valence-electron chi connectivity index (χ2n) is 9.06. The zero-order valence-electron chi connectivity index (χ0n) is 19.7. The Hall–Kier alpha value is -2.88. The second kappa shape index (κ2) is 9.64. The van der Waals surface area contributed by atoms with Crippen LogP contribution in [0, 0.1) is 50.4 Å². The zero-order chi connectivity index (χ0) is 25.4. The first-order chi connectivity index (χ1) is 16.6. The number of rotatable bonds is 8. The lowest BCUT2D eigenvalue weighted by Crippen LogP contribution is -2.57. The lowest BCUT2D eigenvalue weighted by Gasteiger charge is -2.40. The van der Waals surface area contributed by atoms with Gasteiger partial charge in [-0.1, -0.05) is 59.4 Å². The summed E-state index contributed by atoms with van der Waals surface area (Å²) >= 11 is 0. The molecule has 0 aliphatic heterocycles. The van der Waals surface area contributed by atoms with Crippen LogP contribution in [-0.4, -0.2) is 50.6 Å². The summed E-state index contributed by atoms with van der Waals surface area (Å²) in [5, 5.41) is 0. The number of hydrogen-bond acceptors (Lipinski definition) is 4. The first-order valence-electron chi connectivity index (χ1n) is 11.3. The monoisotopic (exact) mass is 508 g/mol. The van der Waals surface area contributed by atoms with Gasteiger partial charge in [0, 0.05) is 12.1 Å². The van der Waals surface area contributed by atoms with Crippen LogP contribution in [0.3, 0.4) is 0 Å². The van der Waals surface area contributed by atoms with E-state index in [1.54, 1.807) is 48.5 Å². The van der Waals surface area contributed by atoms with Crippen LogP contribution >= 0.6 is 0 Å². The highest BCUT2D eigenvalue weighted by Gasteiger charge is 2.54. The van der Waals surface area contributed by atoms with Gasteiger partial charge in [-0.05, 0) is 56.4 Å². The number of sulfonamides is 2. The molecule has 6 nitrogen and oxygen atoms in total. The molecule has 1 saturated carbocycles. The predicted octanol–water partition coefficient (Wildman–Crippen LogP) is 3.19. The Balaban J connectivity index is 1.82. The lowest BCUT2D eigenvalue weighted by atomic mass is 9.95. The van der Waals surface area contributed by atoms with Crippen LogP contribution in [0.2, 0.25) is 0 Å². The second-order valence-corrected chi connectivity index (χ2v) is 12.8. The van der Waals surface area contributed by atoms with Crippen molar-refractivity contribution in [1.82, 2.24) is 8.61 Å². The lowest BCUT2D eigenvalue weighted by molar-refractivity contribution is 0.196. The highest BCUT2D eigenvalue weighted by Crippen LogP contribution is 2.47. The number of terminal acetylenes is 2. The van der Waals surface area contributed by atoms with Crippen molar-refractivity contribution in [1.29, 1.82) is 0 Å². The maximum Gasteiger partial charge on any atom is 0.244 e. The minimum atomic E-state index is -4.00. The molecule has 1 fully saturated rings. The standard InChI is InChI=1S/C27H28N2O4S2/c1-5-17-28(34(30,31)24-13-7-20(3)8-14-24)26-22-11-12-23(19-22)27(26)29(18-6-2)35(32,33)25-15-9-21(4)10-16-25/h1-2,7-16,22-23,26-27H,17-19H2,3-4H3. The van der Waals surface area contributed by atoms with E-state index >= 15 is 0 Å². The van der Waals surface area contributed by atoms with Crippen molar-refractivity contribution in [3.8, 4) is 24.7 Å². The van der Waals surface area contributed by atoms with Crippen LogP contribution in [0.15, 0.2) is 70.5 Å². The van der Waals surface area contributed by atoms with Gasteiger partial charge in [-0.15, -0.1) is 12.8 Å². The fraction of sp³-hybridized carbons (Fsp3) is 0.333. The number of aryl methyl sites for hydroxylation is 2. The summed E-state index contributed by atoms with van der Waals surface area (Å²) < 4.78 is 57.7. The first kappa shape index (κ1) is 25.2. The molecule has 4 rings (SSSR count). The number of benzene rings is 2. The number of nitrogens with zero attached hydrogens (tertiary/aromatic N) is 2. The summed E-state index contributed by atoms with van der Waals surface area (Å²) in [6, 6.07) is 11.8. The van der Waals surface area contributed by atoms with Crippen LogP contribution in [0.4, 0.5) is 0 Å². The number of hydrogen-bond donors (Lipinski definition) is 0. The van der Waals surface area contributed by atoms with E-state index in [4.69, 9.17) is 12.8 Å². The molecule has 4 atom stereocenters. The first-order valence-corrected chi connectivity index (χ1v) is 14.2. The van der Waals surface area contributed by atoms with Crippen molar-refractivity contribution in [3.05, 3.63) is 71.8 Å². The molecule has 0 aromatic heterocycles. The molecule has 2 aromatic carbocycles. The van der Waals surface area contributed by atoms with Crippen molar-refractivity contribution >= 4 is 20.0 Å². The molecule has 0 radical (unpaired) electrons. The van der Waals surface area contributed by atoms with E-state index in [9.17, 15) is 16.8 Å². The molecular formula is C27H28N2O4S2. The molecule has 0 amide bonds. The smallest absolute Gasteiger partial charge is 0.207 e. The molecular weight excluding hydrogens is 480 g/mol. The van der Waals surface area contributed by atoms with Gasteiger partial charge in [0.2, 0.25) is 20.0 Å². The molecule has 0 saturated heterocycles. The van der Waals surface area contributed by atoms with Crippen LogP contribution in [0.1, 0.15) is 17.5 Å². The van der Waals surface area contributed by atoms with Gasteiger partial charge in [0.25, 0.3) is 0 Å². The third kappa shape index (κ3) is 4.55. The van der Waals surface area contributed by atoms with Gasteiger partial charge in [-0.25, -0.2) is 16.8 Å². The van der Waals surface area contributed by atoms with E-state index < -0.39 is 32.1 Å². The zero-order valence-corrected chi connectivity index (χ0v) is 21.3. The largest absolute Gasteiger partial charge is 0.244 e. The molecule has 2 aliphatic carbocycles. The normalized spacial score (nSPS) is 23.5. The minimum Gasteiger partial charge on any atom is -0.207 e. The van der Waals surface area contributed by atoms with Gasteiger partial charge in [0.05, 0.1) is 22.9 Å². The summed E-state index contributed by atoms with van der Waals surface area (Å²) in [5.74, 6) is 4.60. The molecule has 182 valence electrons. The molecule has 2 bridgehead atoms. The summed E-state index contributed by atoms with van der Waals surface area (Å²) in [7, 11) is -8.00. The van der Waals surface area contributed by atoms with Crippen LogP contribution < -0.4 is 0 Å². The third-order valence-corrected chi connectivity index (χ3v) is 10.5. The average Bonchev–Trinajstić information content (AvgIpc) is 3.43. The molecule has 0 heterocycles.